The molecule has 0 radical (unpaired) electrons. The van der Waals surface area contributed by atoms with Crippen LogP contribution in [0.1, 0.15) is 60.4 Å². The van der Waals surface area contributed by atoms with Crippen molar-refractivity contribution >= 4 is 18.2 Å². The van der Waals surface area contributed by atoms with Gasteiger partial charge in [-0.3, -0.25) is 0 Å². The van der Waals surface area contributed by atoms with Crippen LogP contribution in [-0.2, 0) is 6.42 Å². The lowest BCUT2D eigenvalue weighted by Gasteiger charge is -2.26. The Kier molecular flexibility index (Phi) is 7.55. The number of nitrogens with two attached hydrogens (primary N) is 1. The summed E-state index contributed by atoms with van der Waals surface area (Å²) < 4.78 is 0. The summed E-state index contributed by atoms with van der Waals surface area (Å²) in [5.41, 5.74) is 13.7. The highest BCUT2D eigenvalue weighted by molar-refractivity contribution is 5.85. The number of hydrogen-bond donors (Lipinski definition) is 2. The third-order valence-electron chi connectivity index (χ3n) is 6.71. The molecule has 5 heteroatoms. The van der Waals surface area contributed by atoms with Crippen molar-refractivity contribution < 1.29 is 0 Å². The summed E-state index contributed by atoms with van der Waals surface area (Å²) in [4.78, 5) is 7.02. The second-order valence-corrected chi connectivity index (χ2v) is 8.52. The summed E-state index contributed by atoms with van der Waals surface area (Å²) >= 11 is 0. The minimum Gasteiger partial charge on any atom is -0.383 e. The summed E-state index contributed by atoms with van der Waals surface area (Å²) in [7, 11) is 0. The number of aromatic nitrogens is 1. The predicted molar refractivity (Wildman–Crippen MR) is 125 cm³/mol. The van der Waals surface area contributed by atoms with Crippen molar-refractivity contribution in [2.24, 2.45) is 0 Å². The molecule has 1 aromatic carbocycles. The Morgan fingerprint density at radius 2 is 1.93 bits per heavy atom. The van der Waals surface area contributed by atoms with E-state index in [1.165, 1.54) is 86.0 Å². The van der Waals surface area contributed by atoms with Gasteiger partial charge in [0.05, 0.1) is 0 Å². The van der Waals surface area contributed by atoms with Gasteiger partial charge >= 0.3 is 0 Å². The van der Waals surface area contributed by atoms with Crippen molar-refractivity contribution in [1.82, 2.24) is 15.2 Å². The number of nitrogens with one attached hydrogen (secondary N) is 1. The largest absolute Gasteiger partial charge is 0.383 e. The fourth-order valence-corrected chi connectivity index (χ4v) is 4.76. The van der Waals surface area contributed by atoms with Gasteiger partial charge in [0.2, 0.25) is 0 Å². The first-order valence-electron chi connectivity index (χ1n) is 10.9. The summed E-state index contributed by atoms with van der Waals surface area (Å²) in [5.74, 6) is 0.635. The van der Waals surface area contributed by atoms with Crippen LogP contribution >= 0.6 is 12.4 Å². The molecule has 3 N–H and O–H groups in total. The zero-order valence-electron chi connectivity index (χ0n) is 17.8. The summed E-state index contributed by atoms with van der Waals surface area (Å²) in [6.45, 7) is 9.14. The maximum absolute atomic E-state index is 5.98. The molecule has 1 unspecified atom stereocenters. The summed E-state index contributed by atoms with van der Waals surface area (Å²) in [6.07, 6.45) is 9.73. The van der Waals surface area contributed by atoms with Crippen molar-refractivity contribution in [3.05, 3.63) is 46.6 Å². The molecule has 1 fully saturated rings. The van der Waals surface area contributed by atoms with Crippen LogP contribution in [-0.4, -0.2) is 36.1 Å². The quantitative estimate of drug-likeness (QED) is 0.665. The van der Waals surface area contributed by atoms with Crippen molar-refractivity contribution in [3.8, 4) is 11.1 Å². The van der Waals surface area contributed by atoms with E-state index in [4.69, 9.17) is 5.73 Å². The number of halogens is 1. The average Bonchev–Trinajstić information content (AvgIpc) is 3.12. The van der Waals surface area contributed by atoms with Crippen molar-refractivity contribution in [2.75, 3.05) is 31.9 Å². The summed E-state index contributed by atoms with van der Waals surface area (Å²) in [6, 6.07) is 7.42. The first-order chi connectivity index (χ1) is 13.6. The maximum atomic E-state index is 5.98. The van der Waals surface area contributed by atoms with E-state index in [0.29, 0.717) is 11.9 Å². The van der Waals surface area contributed by atoms with Crippen LogP contribution in [0.25, 0.3) is 11.1 Å². The van der Waals surface area contributed by atoms with Gasteiger partial charge in [-0.15, -0.1) is 12.4 Å². The number of anilines is 1. The van der Waals surface area contributed by atoms with Crippen LogP contribution in [0, 0.1) is 13.8 Å². The number of nitrogen functional groups attached to an aromatic ring is 1. The number of nitrogens with zero attached hydrogens (tertiary/aromatic N) is 2. The van der Waals surface area contributed by atoms with Crippen LogP contribution < -0.4 is 11.1 Å². The van der Waals surface area contributed by atoms with Crippen molar-refractivity contribution in [2.45, 2.75) is 58.4 Å². The molecule has 158 valence electrons. The number of hydrogen-bond acceptors (Lipinski definition) is 4. The van der Waals surface area contributed by atoms with Gasteiger partial charge in [0.25, 0.3) is 0 Å². The van der Waals surface area contributed by atoms with Crippen LogP contribution in [0.3, 0.4) is 0 Å². The highest BCUT2D eigenvalue weighted by Gasteiger charge is 2.23. The highest BCUT2D eigenvalue weighted by atomic mass is 35.5. The van der Waals surface area contributed by atoms with Crippen LogP contribution in [0.4, 0.5) is 5.82 Å². The van der Waals surface area contributed by atoms with Gasteiger partial charge in [0, 0.05) is 17.8 Å². The van der Waals surface area contributed by atoms with Gasteiger partial charge in [-0.2, -0.15) is 0 Å². The zero-order chi connectivity index (χ0) is 19.5. The second kappa shape index (κ2) is 9.92. The van der Waals surface area contributed by atoms with E-state index in [0.717, 1.165) is 12.1 Å². The number of benzene rings is 1. The number of aryl methyl sites for hydroxylation is 1. The van der Waals surface area contributed by atoms with E-state index in [1.807, 2.05) is 6.20 Å². The SMILES string of the molecule is Cc1c(-c2ccc3c(c2)C(NCCCN2CCCCC2)CC3)cnc(N)c1C.Cl. The van der Waals surface area contributed by atoms with Crippen LogP contribution in [0.5, 0.6) is 0 Å². The van der Waals surface area contributed by atoms with E-state index in [-0.39, 0.29) is 12.4 Å². The Bertz CT molecular complexity index is 830. The number of fused-ring (bicyclic) bond motifs is 1. The lowest BCUT2D eigenvalue weighted by atomic mass is 9.95. The van der Waals surface area contributed by atoms with E-state index >= 15 is 0 Å². The Labute approximate surface area is 181 Å². The number of pyridine rings is 1. The molecule has 0 spiro atoms. The van der Waals surface area contributed by atoms with E-state index in [2.05, 4.69) is 47.2 Å². The molecular weight excluding hydrogens is 380 g/mol. The number of likely N-dealkylation sites (tertiary alicyclic amines) is 1. The fraction of sp³-hybridized carbons (Fsp3) is 0.542. The van der Waals surface area contributed by atoms with Crippen molar-refractivity contribution in [1.29, 1.82) is 0 Å². The highest BCUT2D eigenvalue weighted by Crippen LogP contribution is 2.36. The standard InChI is InChI=1S/C24H34N4.ClH/c1-17-18(2)24(25)27-16-22(17)20-8-7-19-9-10-23(21(19)15-20)26-11-6-14-28-12-4-3-5-13-28;/h7-8,15-16,23,26H,3-6,9-14H2,1-2H3,(H2,25,27);1H. The molecule has 2 aliphatic rings. The summed E-state index contributed by atoms with van der Waals surface area (Å²) in [5, 5.41) is 3.83. The second-order valence-electron chi connectivity index (χ2n) is 8.52. The molecule has 1 saturated heterocycles. The van der Waals surface area contributed by atoms with E-state index < -0.39 is 0 Å². The van der Waals surface area contributed by atoms with Gasteiger partial charge < -0.3 is 16.0 Å². The van der Waals surface area contributed by atoms with Gasteiger partial charge in [-0.05, 0) is 106 Å². The molecule has 0 amide bonds. The molecule has 1 aliphatic carbocycles. The molecule has 2 aromatic rings. The smallest absolute Gasteiger partial charge is 0.126 e. The normalized spacial score (nSPS) is 19.0. The zero-order valence-corrected chi connectivity index (χ0v) is 18.7. The molecule has 4 rings (SSSR count). The topological polar surface area (TPSA) is 54.2 Å². The van der Waals surface area contributed by atoms with Gasteiger partial charge in [-0.1, -0.05) is 18.6 Å². The Morgan fingerprint density at radius 1 is 1.14 bits per heavy atom. The molecule has 4 nitrogen and oxygen atoms in total. The molecule has 0 saturated carbocycles. The average molecular weight is 415 g/mol. The molecule has 2 heterocycles. The number of rotatable bonds is 6. The van der Waals surface area contributed by atoms with Gasteiger partial charge in [0.1, 0.15) is 5.82 Å². The molecule has 0 bridgehead atoms. The Hall–Kier alpha value is -1.62. The minimum atomic E-state index is 0. The third-order valence-corrected chi connectivity index (χ3v) is 6.71. The Morgan fingerprint density at radius 3 is 2.72 bits per heavy atom. The minimum absolute atomic E-state index is 0. The first kappa shape index (κ1) is 22.1. The third kappa shape index (κ3) is 4.93. The molecule has 1 atom stereocenters. The lowest BCUT2D eigenvalue weighted by Crippen LogP contribution is -2.32. The Balaban J connectivity index is 0.00000240. The van der Waals surface area contributed by atoms with Gasteiger partial charge in [0.15, 0.2) is 0 Å². The predicted octanol–water partition coefficient (Wildman–Crippen LogP) is 4.82. The first-order valence-corrected chi connectivity index (χ1v) is 10.9. The lowest BCUT2D eigenvalue weighted by molar-refractivity contribution is 0.225. The molecule has 29 heavy (non-hydrogen) atoms. The fourth-order valence-electron chi connectivity index (χ4n) is 4.76. The van der Waals surface area contributed by atoms with E-state index in [1.54, 1.807) is 0 Å². The molecule has 1 aliphatic heterocycles. The monoisotopic (exact) mass is 414 g/mol. The number of piperidine rings is 1. The van der Waals surface area contributed by atoms with Crippen LogP contribution in [0.2, 0.25) is 0 Å². The van der Waals surface area contributed by atoms with Crippen LogP contribution in [0.15, 0.2) is 24.4 Å². The van der Waals surface area contributed by atoms with E-state index in [9.17, 15) is 0 Å². The maximum Gasteiger partial charge on any atom is 0.126 e. The van der Waals surface area contributed by atoms with Crippen molar-refractivity contribution in [3.63, 3.8) is 0 Å². The molecular formula is C24H35ClN4. The van der Waals surface area contributed by atoms with Gasteiger partial charge in [-0.25, -0.2) is 4.98 Å². The molecule has 1 aromatic heterocycles.